The fourth-order valence-corrected chi connectivity index (χ4v) is 4.27. The predicted molar refractivity (Wildman–Crippen MR) is 90.8 cm³/mol. The van der Waals surface area contributed by atoms with E-state index in [1.165, 1.54) is 6.07 Å². The summed E-state index contributed by atoms with van der Waals surface area (Å²) < 4.78 is 43.3. The van der Waals surface area contributed by atoms with Crippen LogP contribution in [0.25, 0.3) is 0 Å². The third kappa shape index (κ3) is 3.65. The van der Waals surface area contributed by atoms with E-state index in [1.807, 2.05) is 0 Å². The van der Waals surface area contributed by atoms with Crippen LogP contribution in [0.3, 0.4) is 0 Å². The zero-order chi connectivity index (χ0) is 18.8. The van der Waals surface area contributed by atoms with Crippen LogP contribution in [0.15, 0.2) is 18.3 Å². The molecule has 0 radical (unpaired) electrons. The van der Waals surface area contributed by atoms with Gasteiger partial charge in [-0.2, -0.15) is 13.2 Å². The molecular weight excluding hydrogens is 347 g/mol. The van der Waals surface area contributed by atoms with Crippen LogP contribution in [0.1, 0.15) is 44.1 Å². The van der Waals surface area contributed by atoms with Gasteiger partial charge in [0.2, 0.25) is 5.91 Å². The number of halogens is 3. The van der Waals surface area contributed by atoms with Crippen LogP contribution < -0.4 is 10.2 Å². The first-order valence-corrected chi connectivity index (χ1v) is 8.96. The number of methoxy groups -OCH3 is 1. The molecule has 26 heavy (non-hydrogen) atoms. The third-order valence-electron chi connectivity index (χ3n) is 5.52. The lowest BCUT2D eigenvalue weighted by molar-refractivity contribution is -0.137. The van der Waals surface area contributed by atoms with Crippen molar-refractivity contribution in [2.75, 3.05) is 25.2 Å². The van der Waals surface area contributed by atoms with Crippen molar-refractivity contribution in [2.45, 2.75) is 56.3 Å². The molecule has 2 heterocycles. The number of rotatable bonds is 5. The quantitative estimate of drug-likeness (QED) is 0.864. The number of amides is 1. The largest absolute Gasteiger partial charge is 0.417 e. The number of hydrogen-bond acceptors (Lipinski definition) is 4. The third-order valence-corrected chi connectivity index (χ3v) is 5.52. The fraction of sp³-hybridized carbons (Fsp3) is 0.667. The number of hydrogen-bond donors (Lipinski definition) is 1. The number of ether oxygens (including phenoxy) is 1. The van der Waals surface area contributed by atoms with Crippen molar-refractivity contribution in [2.24, 2.45) is 0 Å². The molecule has 2 fully saturated rings. The predicted octanol–water partition coefficient (Wildman–Crippen LogP) is 3.14. The summed E-state index contributed by atoms with van der Waals surface area (Å²) in [6.45, 7) is 1.04. The molecule has 1 aromatic rings. The van der Waals surface area contributed by atoms with E-state index in [-0.39, 0.29) is 17.5 Å². The van der Waals surface area contributed by atoms with Gasteiger partial charge in [0, 0.05) is 26.3 Å². The first-order valence-electron chi connectivity index (χ1n) is 8.96. The molecule has 1 aliphatic carbocycles. The van der Waals surface area contributed by atoms with E-state index in [1.54, 1.807) is 7.11 Å². The highest BCUT2D eigenvalue weighted by molar-refractivity contribution is 5.76. The smallest absolute Gasteiger partial charge is 0.384 e. The highest BCUT2D eigenvalue weighted by Gasteiger charge is 2.51. The lowest BCUT2D eigenvalue weighted by Gasteiger charge is -2.40. The summed E-state index contributed by atoms with van der Waals surface area (Å²) in [7, 11) is 1.55. The number of carbonyl (C=O) groups is 1. The van der Waals surface area contributed by atoms with E-state index >= 15 is 0 Å². The first kappa shape index (κ1) is 18.9. The Bertz CT molecular complexity index is 628. The van der Waals surface area contributed by atoms with Gasteiger partial charge in [0.15, 0.2) is 0 Å². The Morgan fingerprint density at radius 3 is 2.69 bits per heavy atom. The lowest BCUT2D eigenvalue weighted by atomic mass is 9.88. The fourth-order valence-electron chi connectivity index (χ4n) is 4.27. The van der Waals surface area contributed by atoms with Crippen molar-refractivity contribution in [1.29, 1.82) is 0 Å². The Labute approximate surface area is 150 Å². The normalized spacial score (nSPS) is 22.2. The molecule has 1 aromatic heterocycles. The van der Waals surface area contributed by atoms with Crippen molar-refractivity contribution >= 4 is 11.7 Å². The second-order valence-electron chi connectivity index (χ2n) is 7.02. The van der Waals surface area contributed by atoms with Gasteiger partial charge in [-0.15, -0.1) is 0 Å². The summed E-state index contributed by atoms with van der Waals surface area (Å²) in [4.78, 5) is 18.3. The molecule has 5 nitrogen and oxygen atoms in total. The van der Waals surface area contributed by atoms with Crippen LogP contribution in [-0.4, -0.2) is 42.7 Å². The molecule has 1 aliphatic heterocycles. The van der Waals surface area contributed by atoms with Gasteiger partial charge in [-0.1, -0.05) is 12.8 Å². The van der Waals surface area contributed by atoms with Gasteiger partial charge in [-0.25, -0.2) is 4.98 Å². The van der Waals surface area contributed by atoms with E-state index in [0.29, 0.717) is 25.4 Å². The first-order chi connectivity index (χ1) is 12.4. The summed E-state index contributed by atoms with van der Waals surface area (Å²) >= 11 is 0. The molecule has 1 unspecified atom stereocenters. The monoisotopic (exact) mass is 371 g/mol. The lowest BCUT2D eigenvalue weighted by Crippen LogP contribution is -2.55. The van der Waals surface area contributed by atoms with Gasteiger partial charge in [0.05, 0.1) is 23.8 Å². The van der Waals surface area contributed by atoms with Crippen LogP contribution in [0.4, 0.5) is 19.0 Å². The van der Waals surface area contributed by atoms with E-state index in [4.69, 9.17) is 4.74 Å². The standard InChI is InChI=1S/C18H24F3N3O2/c1-26-11-7-16(25)23-14-6-10-24(17(14)8-2-3-9-17)15-5-4-13(12-22-15)18(19,20)21/h4-5,12,14H,2-3,6-11H2,1H3,(H,23,25). The highest BCUT2D eigenvalue weighted by Crippen LogP contribution is 2.45. The minimum Gasteiger partial charge on any atom is -0.384 e. The second kappa shape index (κ2) is 7.42. The van der Waals surface area contributed by atoms with Gasteiger partial charge >= 0.3 is 6.18 Å². The van der Waals surface area contributed by atoms with Crippen molar-refractivity contribution < 1.29 is 22.7 Å². The molecule has 1 spiro atoms. The van der Waals surface area contributed by atoms with Crippen LogP contribution >= 0.6 is 0 Å². The molecular formula is C18H24F3N3O2. The summed E-state index contributed by atoms with van der Waals surface area (Å²) in [5.41, 5.74) is -1.000. The van der Waals surface area contributed by atoms with Crippen LogP contribution in [-0.2, 0) is 15.7 Å². The molecule has 1 N–H and O–H groups in total. The van der Waals surface area contributed by atoms with Gasteiger partial charge in [-0.3, -0.25) is 4.79 Å². The molecule has 2 aliphatic rings. The van der Waals surface area contributed by atoms with Gasteiger partial charge in [0.1, 0.15) is 5.82 Å². The molecule has 0 bridgehead atoms. The van der Waals surface area contributed by atoms with Crippen LogP contribution in [0.2, 0.25) is 0 Å². The summed E-state index contributed by atoms with van der Waals surface area (Å²) in [6.07, 6.45) is 1.48. The Hall–Kier alpha value is -1.83. The molecule has 0 aromatic carbocycles. The molecule has 3 rings (SSSR count). The summed E-state index contributed by atoms with van der Waals surface area (Å²) in [5, 5.41) is 3.11. The zero-order valence-electron chi connectivity index (χ0n) is 14.8. The number of carbonyl (C=O) groups excluding carboxylic acids is 1. The molecule has 144 valence electrons. The number of nitrogens with one attached hydrogen (secondary N) is 1. The Morgan fingerprint density at radius 2 is 2.12 bits per heavy atom. The molecule has 1 atom stereocenters. The number of pyridine rings is 1. The van der Waals surface area contributed by atoms with Gasteiger partial charge < -0.3 is 15.0 Å². The average molecular weight is 371 g/mol. The van der Waals surface area contributed by atoms with Crippen molar-refractivity contribution in [3.63, 3.8) is 0 Å². The number of alkyl halides is 3. The second-order valence-corrected chi connectivity index (χ2v) is 7.02. The number of aromatic nitrogens is 1. The molecule has 1 amide bonds. The van der Waals surface area contributed by atoms with Gasteiger partial charge in [0.25, 0.3) is 0 Å². The molecule has 8 heteroatoms. The van der Waals surface area contributed by atoms with Crippen molar-refractivity contribution in [3.05, 3.63) is 23.9 Å². The van der Waals surface area contributed by atoms with E-state index in [9.17, 15) is 18.0 Å². The minimum atomic E-state index is -4.39. The van der Waals surface area contributed by atoms with E-state index in [2.05, 4.69) is 15.2 Å². The topological polar surface area (TPSA) is 54.5 Å². The minimum absolute atomic E-state index is 0.0153. The number of anilines is 1. The molecule has 1 saturated heterocycles. The van der Waals surface area contributed by atoms with Crippen LogP contribution in [0, 0.1) is 0 Å². The maximum Gasteiger partial charge on any atom is 0.417 e. The highest BCUT2D eigenvalue weighted by atomic mass is 19.4. The SMILES string of the molecule is COCCC(=O)NC1CCN(c2ccc(C(F)(F)F)cn2)C12CCCC2. The van der Waals surface area contributed by atoms with Gasteiger partial charge in [-0.05, 0) is 31.4 Å². The summed E-state index contributed by atoms with van der Waals surface area (Å²) in [5.74, 6) is 0.499. The summed E-state index contributed by atoms with van der Waals surface area (Å²) in [6, 6.07) is 2.51. The Kier molecular flexibility index (Phi) is 5.41. The maximum atomic E-state index is 12.8. The van der Waals surface area contributed by atoms with Crippen LogP contribution in [0.5, 0.6) is 0 Å². The van der Waals surface area contributed by atoms with E-state index < -0.39 is 11.7 Å². The Balaban J connectivity index is 1.78. The number of nitrogens with zero attached hydrogens (tertiary/aromatic N) is 2. The molecule has 1 saturated carbocycles. The Morgan fingerprint density at radius 1 is 1.38 bits per heavy atom. The zero-order valence-corrected chi connectivity index (χ0v) is 14.8. The maximum absolute atomic E-state index is 12.8. The average Bonchev–Trinajstić information content (AvgIpc) is 3.22. The van der Waals surface area contributed by atoms with Crippen molar-refractivity contribution in [1.82, 2.24) is 10.3 Å². The van der Waals surface area contributed by atoms with Crippen molar-refractivity contribution in [3.8, 4) is 0 Å². The van der Waals surface area contributed by atoms with E-state index in [0.717, 1.165) is 44.4 Å².